The summed E-state index contributed by atoms with van der Waals surface area (Å²) >= 11 is 0. The summed E-state index contributed by atoms with van der Waals surface area (Å²) in [5.74, 6) is 0. The number of rotatable bonds is 7. The molecule has 0 aromatic heterocycles. The van der Waals surface area contributed by atoms with E-state index >= 15 is 0 Å². The summed E-state index contributed by atoms with van der Waals surface area (Å²) in [7, 11) is 3.62. The third-order valence-corrected chi connectivity index (χ3v) is 5.54. The Kier molecular flexibility index (Phi) is 20.8. The first kappa shape index (κ1) is 39.4. The third kappa shape index (κ3) is 13.1. The third-order valence-electron chi connectivity index (χ3n) is 5.54. The van der Waals surface area contributed by atoms with Crippen LogP contribution in [0.15, 0.2) is 60.3 Å². The molecule has 2 aromatic rings. The van der Waals surface area contributed by atoms with Gasteiger partial charge in [0.1, 0.15) is 6.17 Å². The van der Waals surface area contributed by atoms with Crippen LogP contribution >= 0.6 is 0 Å². The number of hydrogen-bond donors (Lipinski definition) is 1. The summed E-state index contributed by atoms with van der Waals surface area (Å²) in [5, 5.41) is 6.58. The highest BCUT2D eigenvalue weighted by atomic mass is 19.4. The van der Waals surface area contributed by atoms with Crippen molar-refractivity contribution in [3.05, 3.63) is 82.9 Å². The molecule has 0 radical (unpaired) electrons. The van der Waals surface area contributed by atoms with E-state index < -0.39 is 17.9 Å². The molecule has 1 aliphatic rings. The molecule has 4 nitrogen and oxygen atoms in total. The summed E-state index contributed by atoms with van der Waals surface area (Å²) in [6, 6.07) is 12.6. The van der Waals surface area contributed by atoms with Gasteiger partial charge in [-0.25, -0.2) is 4.39 Å². The van der Waals surface area contributed by atoms with Crippen molar-refractivity contribution in [1.29, 1.82) is 0 Å². The van der Waals surface area contributed by atoms with E-state index in [4.69, 9.17) is 4.84 Å². The Labute approximate surface area is 239 Å². The van der Waals surface area contributed by atoms with Gasteiger partial charge in [0.2, 0.25) is 0 Å². The lowest BCUT2D eigenvalue weighted by Gasteiger charge is -2.30. The molecular weight excluding hydrogens is 520 g/mol. The maximum absolute atomic E-state index is 13.4. The Morgan fingerprint density at radius 2 is 1.70 bits per heavy atom. The lowest BCUT2D eigenvalue weighted by molar-refractivity contribution is -0.275. The van der Waals surface area contributed by atoms with Crippen molar-refractivity contribution in [3.8, 4) is 0 Å². The molecule has 40 heavy (non-hydrogen) atoms. The second-order valence-electron chi connectivity index (χ2n) is 8.69. The second kappa shape index (κ2) is 21.1. The fraction of sp³-hybridized carbons (Fsp3) is 0.531. The Morgan fingerprint density at radius 1 is 1.10 bits per heavy atom. The van der Waals surface area contributed by atoms with E-state index in [1.807, 2.05) is 34.7 Å². The van der Waals surface area contributed by atoms with Gasteiger partial charge in [-0.05, 0) is 70.5 Å². The SMILES string of the molecule is C=CCOC.CC.CC.CC1=NOC(c2cc(C)cc(C(C)F)c2)(C(F)(F)F)C1.CNCCc1ccccc1C. The van der Waals surface area contributed by atoms with Gasteiger partial charge in [-0.15, -0.1) is 6.58 Å². The van der Waals surface area contributed by atoms with Crippen LogP contribution in [0, 0.1) is 13.8 Å². The first-order valence-corrected chi connectivity index (χ1v) is 13.7. The van der Waals surface area contributed by atoms with Gasteiger partial charge in [0, 0.05) is 19.1 Å². The lowest BCUT2D eigenvalue weighted by Crippen LogP contribution is -2.42. The zero-order valence-electron chi connectivity index (χ0n) is 26.0. The van der Waals surface area contributed by atoms with Crippen LogP contribution in [0.5, 0.6) is 0 Å². The standard InChI is InChI=1S/C14H15F4NO.C10H15N.C4H8O.2C2H6/c1-8-4-11(10(3)15)6-12(5-8)13(14(16,17)18)7-9(2)19-20-13;1-9-5-3-4-6-10(9)7-8-11-2;1-3-4-5-2;2*1-2/h4-6,10H,7H2,1-3H3;3-6,11H,7-8H2,1-2H3;3H,1,4H2,2H3;2*1-2H3. The maximum Gasteiger partial charge on any atom is 0.435 e. The van der Waals surface area contributed by atoms with Crippen molar-refractivity contribution < 1.29 is 27.1 Å². The monoisotopic (exact) mass is 570 g/mol. The number of likely N-dealkylation sites (N-methyl/N-ethyl adjacent to an activating group) is 1. The van der Waals surface area contributed by atoms with Gasteiger partial charge in [0.25, 0.3) is 5.60 Å². The average molecular weight is 571 g/mol. The smallest absolute Gasteiger partial charge is 0.381 e. The summed E-state index contributed by atoms with van der Waals surface area (Å²) in [5.41, 5.74) is 1.25. The fourth-order valence-corrected chi connectivity index (χ4v) is 3.59. The van der Waals surface area contributed by atoms with E-state index in [1.165, 1.54) is 43.2 Å². The van der Waals surface area contributed by atoms with Gasteiger partial charge in [-0.1, -0.05) is 80.9 Å². The van der Waals surface area contributed by atoms with Crippen LogP contribution in [0.2, 0.25) is 0 Å². The van der Waals surface area contributed by atoms with Crippen molar-refractivity contribution in [1.82, 2.24) is 5.32 Å². The minimum Gasteiger partial charge on any atom is -0.381 e. The van der Waals surface area contributed by atoms with Crippen molar-refractivity contribution in [2.24, 2.45) is 5.16 Å². The normalized spacial score (nSPS) is 16.1. The van der Waals surface area contributed by atoms with Crippen LogP contribution in [-0.4, -0.2) is 39.2 Å². The van der Waals surface area contributed by atoms with Crippen LogP contribution in [0.1, 0.15) is 82.0 Å². The highest BCUT2D eigenvalue weighted by molar-refractivity contribution is 5.84. The number of nitrogens with one attached hydrogen (secondary N) is 1. The highest BCUT2D eigenvalue weighted by Crippen LogP contribution is 2.48. The Hall–Kier alpha value is -2.71. The predicted molar refractivity (Wildman–Crippen MR) is 161 cm³/mol. The fourth-order valence-electron chi connectivity index (χ4n) is 3.59. The van der Waals surface area contributed by atoms with Gasteiger partial charge in [0.15, 0.2) is 0 Å². The number of alkyl halides is 4. The number of nitrogens with zero attached hydrogens (tertiary/aromatic N) is 1. The number of methoxy groups -OCH3 is 1. The Morgan fingerprint density at radius 3 is 2.10 bits per heavy atom. The molecule has 1 heterocycles. The lowest BCUT2D eigenvalue weighted by atomic mass is 9.86. The molecule has 1 N–H and O–H groups in total. The van der Waals surface area contributed by atoms with Crippen molar-refractivity contribution in [2.75, 3.05) is 27.3 Å². The molecule has 2 unspecified atom stereocenters. The van der Waals surface area contributed by atoms with Crippen LogP contribution in [0.4, 0.5) is 17.6 Å². The predicted octanol–water partition coefficient (Wildman–Crippen LogP) is 9.21. The molecule has 0 saturated carbocycles. The summed E-state index contributed by atoms with van der Waals surface area (Å²) in [4.78, 5) is 4.73. The molecule has 0 amide bonds. The zero-order chi connectivity index (χ0) is 31.4. The second-order valence-corrected chi connectivity index (χ2v) is 8.69. The van der Waals surface area contributed by atoms with Crippen molar-refractivity contribution >= 4 is 5.71 Å². The van der Waals surface area contributed by atoms with E-state index in [2.05, 4.69) is 53.0 Å². The first-order valence-electron chi connectivity index (χ1n) is 13.7. The quantitative estimate of drug-likeness (QED) is 0.267. The van der Waals surface area contributed by atoms with E-state index in [9.17, 15) is 17.6 Å². The summed E-state index contributed by atoms with van der Waals surface area (Å²) in [6.07, 6.45) is -3.51. The van der Waals surface area contributed by atoms with Crippen LogP contribution in [0.3, 0.4) is 0 Å². The van der Waals surface area contributed by atoms with E-state index in [0.717, 1.165) is 13.0 Å². The summed E-state index contributed by atoms with van der Waals surface area (Å²) < 4.78 is 58.3. The number of aryl methyl sites for hydroxylation is 2. The number of oxime groups is 1. The number of ether oxygens (including phenoxy) is 1. The molecule has 2 aromatic carbocycles. The number of hydrogen-bond acceptors (Lipinski definition) is 4. The van der Waals surface area contributed by atoms with E-state index in [-0.39, 0.29) is 23.3 Å². The molecule has 0 spiro atoms. The minimum absolute atomic E-state index is 0.106. The Balaban J connectivity index is 0. The molecule has 0 bridgehead atoms. The number of halogens is 4. The van der Waals surface area contributed by atoms with E-state index in [0.29, 0.717) is 12.2 Å². The number of benzene rings is 2. The average Bonchev–Trinajstić information content (AvgIpc) is 3.35. The zero-order valence-corrected chi connectivity index (χ0v) is 26.0. The highest BCUT2D eigenvalue weighted by Gasteiger charge is 2.61. The first-order chi connectivity index (χ1) is 18.9. The molecule has 2 atom stereocenters. The molecule has 228 valence electrons. The molecule has 0 saturated heterocycles. The van der Waals surface area contributed by atoms with E-state index in [1.54, 1.807) is 20.1 Å². The maximum atomic E-state index is 13.4. The van der Waals surface area contributed by atoms with Gasteiger partial charge in [0.05, 0.1) is 12.3 Å². The Bertz CT molecular complexity index is 991. The topological polar surface area (TPSA) is 42.9 Å². The van der Waals surface area contributed by atoms with Gasteiger partial charge in [-0.3, -0.25) is 0 Å². The molecule has 8 heteroatoms. The van der Waals surface area contributed by atoms with Crippen LogP contribution < -0.4 is 5.32 Å². The molecule has 0 fully saturated rings. The van der Waals surface area contributed by atoms with Gasteiger partial charge < -0.3 is 14.9 Å². The summed E-state index contributed by atoms with van der Waals surface area (Å²) in [6.45, 7) is 19.7. The van der Waals surface area contributed by atoms with Crippen LogP contribution in [0.25, 0.3) is 0 Å². The van der Waals surface area contributed by atoms with Crippen molar-refractivity contribution in [2.45, 2.75) is 86.2 Å². The molecule has 0 aliphatic carbocycles. The van der Waals surface area contributed by atoms with Crippen molar-refractivity contribution in [3.63, 3.8) is 0 Å². The minimum atomic E-state index is -4.63. The van der Waals surface area contributed by atoms with Crippen LogP contribution in [-0.2, 0) is 21.6 Å². The molecule has 3 rings (SSSR count). The van der Waals surface area contributed by atoms with Gasteiger partial charge in [-0.2, -0.15) is 13.2 Å². The molecular formula is C32H50F4N2O2. The largest absolute Gasteiger partial charge is 0.435 e. The molecule has 1 aliphatic heterocycles. The van der Waals surface area contributed by atoms with Gasteiger partial charge >= 0.3 is 6.18 Å².